The molecular formula is C14H10ClN3. The molecule has 2 aromatic heterocycles. The third-order valence-electron chi connectivity index (χ3n) is 2.79. The topological polar surface area (TPSA) is 38.7 Å². The molecule has 0 atom stereocenters. The maximum absolute atomic E-state index is 6.06. The molecule has 0 bridgehead atoms. The zero-order valence-corrected chi connectivity index (χ0v) is 10.5. The molecule has 0 fully saturated rings. The average Bonchev–Trinajstić information content (AvgIpc) is 2.39. The van der Waals surface area contributed by atoms with Crippen LogP contribution >= 0.6 is 11.6 Å². The van der Waals surface area contributed by atoms with E-state index in [1.54, 1.807) is 6.20 Å². The third-order valence-corrected chi connectivity index (χ3v) is 3.07. The van der Waals surface area contributed by atoms with E-state index in [2.05, 4.69) is 15.2 Å². The second-order valence-corrected chi connectivity index (χ2v) is 4.49. The van der Waals surface area contributed by atoms with Crippen LogP contribution in [0.2, 0.25) is 5.15 Å². The monoisotopic (exact) mass is 255 g/mol. The molecule has 0 spiro atoms. The molecule has 2 heterocycles. The van der Waals surface area contributed by atoms with Gasteiger partial charge < -0.3 is 0 Å². The van der Waals surface area contributed by atoms with Crippen molar-refractivity contribution in [2.24, 2.45) is 0 Å². The Morgan fingerprint density at radius 1 is 1.00 bits per heavy atom. The van der Waals surface area contributed by atoms with Gasteiger partial charge in [-0.05, 0) is 18.6 Å². The maximum atomic E-state index is 6.06. The Kier molecular flexibility index (Phi) is 2.68. The van der Waals surface area contributed by atoms with E-state index in [0.29, 0.717) is 5.15 Å². The minimum absolute atomic E-state index is 0.426. The molecule has 0 aliphatic heterocycles. The number of halogens is 1. The van der Waals surface area contributed by atoms with E-state index in [-0.39, 0.29) is 0 Å². The molecular weight excluding hydrogens is 246 g/mol. The van der Waals surface area contributed by atoms with E-state index < -0.39 is 0 Å². The molecule has 0 amide bonds. The largest absolute Gasteiger partial charge is 0.264 e. The number of fused-ring (bicyclic) bond motifs is 1. The molecule has 18 heavy (non-hydrogen) atoms. The molecule has 0 unspecified atom stereocenters. The van der Waals surface area contributed by atoms with Crippen molar-refractivity contribution in [1.29, 1.82) is 0 Å². The van der Waals surface area contributed by atoms with Gasteiger partial charge in [0, 0.05) is 28.7 Å². The molecule has 0 saturated heterocycles. The standard InChI is InChI=1S/C14H10ClN3/c1-9-6-10(8-16-7-9)13-11-4-2-3-5-12(11)14(15)18-17-13/h2-8H,1H3. The van der Waals surface area contributed by atoms with Gasteiger partial charge in [0.15, 0.2) is 5.15 Å². The summed E-state index contributed by atoms with van der Waals surface area (Å²) in [6.07, 6.45) is 3.60. The molecule has 3 aromatic rings. The van der Waals surface area contributed by atoms with Crippen molar-refractivity contribution in [2.45, 2.75) is 6.92 Å². The first-order chi connectivity index (χ1) is 8.75. The fourth-order valence-electron chi connectivity index (χ4n) is 1.97. The summed E-state index contributed by atoms with van der Waals surface area (Å²) in [6, 6.07) is 9.88. The van der Waals surface area contributed by atoms with Crippen molar-refractivity contribution < 1.29 is 0 Å². The summed E-state index contributed by atoms with van der Waals surface area (Å²) in [5.41, 5.74) is 2.86. The van der Waals surface area contributed by atoms with Crippen molar-refractivity contribution in [1.82, 2.24) is 15.2 Å². The molecule has 0 aliphatic carbocycles. The van der Waals surface area contributed by atoms with Gasteiger partial charge in [-0.2, -0.15) is 0 Å². The smallest absolute Gasteiger partial charge is 0.159 e. The summed E-state index contributed by atoms with van der Waals surface area (Å²) >= 11 is 6.06. The van der Waals surface area contributed by atoms with Crippen LogP contribution in [0.5, 0.6) is 0 Å². The number of hydrogen-bond acceptors (Lipinski definition) is 3. The number of aryl methyl sites for hydroxylation is 1. The first-order valence-electron chi connectivity index (χ1n) is 5.58. The van der Waals surface area contributed by atoms with E-state index in [1.165, 1.54) is 0 Å². The predicted octanol–water partition coefficient (Wildman–Crippen LogP) is 3.65. The first-order valence-corrected chi connectivity index (χ1v) is 5.96. The summed E-state index contributed by atoms with van der Waals surface area (Å²) in [5, 5.41) is 10.5. The number of pyridine rings is 1. The van der Waals surface area contributed by atoms with E-state index in [9.17, 15) is 0 Å². The molecule has 0 aliphatic rings. The van der Waals surface area contributed by atoms with E-state index >= 15 is 0 Å². The summed E-state index contributed by atoms with van der Waals surface area (Å²) < 4.78 is 0. The van der Waals surface area contributed by atoms with Gasteiger partial charge in [-0.3, -0.25) is 4.98 Å². The van der Waals surface area contributed by atoms with E-state index in [1.807, 2.05) is 43.5 Å². The van der Waals surface area contributed by atoms with Crippen LogP contribution in [0.1, 0.15) is 5.56 Å². The Balaban J connectivity index is 2.33. The van der Waals surface area contributed by atoms with E-state index in [4.69, 9.17) is 11.6 Å². The lowest BCUT2D eigenvalue weighted by atomic mass is 10.1. The fourth-order valence-corrected chi connectivity index (χ4v) is 2.17. The summed E-state index contributed by atoms with van der Waals surface area (Å²) in [6.45, 7) is 2.00. The molecule has 0 N–H and O–H groups in total. The SMILES string of the molecule is Cc1cncc(-c2nnc(Cl)c3ccccc23)c1. The van der Waals surface area contributed by atoms with Gasteiger partial charge in [0.05, 0.1) is 0 Å². The van der Waals surface area contributed by atoms with Gasteiger partial charge in [-0.25, -0.2) is 0 Å². The second kappa shape index (κ2) is 4.35. The minimum Gasteiger partial charge on any atom is -0.264 e. The first kappa shape index (κ1) is 11.1. The average molecular weight is 256 g/mol. The second-order valence-electron chi connectivity index (χ2n) is 4.14. The number of benzene rings is 1. The number of nitrogens with zero attached hydrogens (tertiary/aromatic N) is 3. The Morgan fingerprint density at radius 2 is 1.78 bits per heavy atom. The van der Waals surface area contributed by atoms with Gasteiger partial charge in [0.25, 0.3) is 0 Å². The van der Waals surface area contributed by atoms with Gasteiger partial charge in [0.2, 0.25) is 0 Å². The van der Waals surface area contributed by atoms with Crippen LogP contribution in [0.25, 0.3) is 22.0 Å². The molecule has 3 nitrogen and oxygen atoms in total. The van der Waals surface area contributed by atoms with Crippen molar-refractivity contribution in [3.63, 3.8) is 0 Å². The van der Waals surface area contributed by atoms with Gasteiger partial charge >= 0.3 is 0 Å². The van der Waals surface area contributed by atoms with Gasteiger partial charge in [0.1, 0.15) is 5.69 Å². The lowest BCUT2D eigenvalue weighted by Crippen LogP contribution is -1.92. The minimum atomic E-state index is 0.426. The Bertz CT molecular complexity index is 725. The summed E-state index contributed by atoms with van der Waals surface area (Å²) in [7, 11) is 0. The van der Waals surface area contributed by atoms with Crippen molar-refractivity contribution >= 4 is 22.4 Å². The Hall–Kier alpha value is -2.00. The number of rotatable bonds is 1. The Labute approximate surface area is 109 Å². The lowest BCUT2D eigenvalue weighted by molar-refractivity contribution is 1.05. The predicted molar refractivity (Wildman–Crippen MR) is 72.5 cm³/mol. The number of aromatic nitrogens is 3. The van der Waals surface area contributed by atoms with Crippen molar-refractivity contribution in [2.75, 3.05) is 0 Å². The van der Waals surface area contributed by atoms with Crippen LogP contribution in [0, 0.1) is 6.92 Å². The summed E-state index contributed by atoms with van der Waals surface area (Å²) in [4.78, 5) is 4.19. The van der Waals surface area contributed by atoms with Crippen LogP contribution in [0.3, 0.4) is 0 Å². The zero-order valence-electron chi connectivity index (χ0n) is 9.76. The van der Waals surface area contributed by atoms with E-state index in [0.717, 1.165) is 27.6 Å². The summed E-state index contributed by atoms with van der Waals surface area (Å²) in [5.74, 6) is 0. The van der Waals surface area contributed by atoms with Crippen molar-refractivity contribution in [3.05, 3.63) is 53.4 Å². The quantitative estimate of drug-likeness (QED) is 0.666. The van der Waals surface area contributed by atoms with Crippen LogP contribution in [-0.4, -0.2) is 15.2 Å². The maximum Gasteiger partial charge on any atom is 0.159 e. The Morgan fingerprint density at radius 3 is 2.56 bits per heavy atom. The zero-order chi connectivity index (χ0) is 12.5. The molecule has 0 radical (unpaired) electrons. The van der Waals surface area contributed by atoms with Crippen LogP contribution < -0.4 is 0 Å². The molecule has 1 aromatic carbocycles. The molecule has 0 saturated carbocycles. The van der Waals surface area contributed by atoms with Crippen LogP contribution in [-0.2, 0) is 0 Å². The highest BCUT2D eigenvalue weighted by Gasteiger charge is 2.09. The molecule has 3 rings (SSSR count). The lowest BCUT2D eigenvalue weighted by Gasteiger charge is -2.06. The molecule has 88 valence electrons. The van der Waals surface area contributed by atoms with Gasteiger partial charge in [-0.15, -0.1) is 10.2 Å². The number of hydrogen-bond donors (Lipinski definition) is 0. The highest BCUT2D eigenvalue weighted by Crippen LogP contribution is 2.29. The van der Waals surface area contributed by atoms with Crippen molar-refractivity contribution in [3.8, 4) is 11.3 Å². The molecule has 4 heteroatoms. The van der Waals surface area contributed by atoms with Gasteiger partial charge in [-0.1, -0.05) is 35.9 Å². The fraction of sp³-hybridized carbons (Fsp3) is 0.0714. The normalized spacial score (nSPS) is 10.8. The van der Waals surface area contributed by atoms with Crippen LogP contribution in [0.15, 0.2) is 42.7 Å². The highest BCUT2D eigenvalue weighted by atomic mass is 35.5. The van der Waals surface area contributed by atoms with Crippen LogP contribution in [0.4, 0.5) is 0 Å². The highest BCUT2D eigenvalue weighted by molar-refractivity contribution is 6.34. The third kappa shape index (κ3) is 1.83.